The summed E-state index contributed by atoms with van der Waals surface area (Å²) in [6, 6.07) is 11.9. The molecule has 7 heteroatoms. The highest BCUT2D eigenvalue weighted by Gasteiger charge is 2.49. The van der Waals surface area contributed by atoms with Gasteiger partial charge in [0.25, 0.3) is 5.91 Å². The molecule has 30 heavy (non-hydrogen) atoms. The predicted molar refractivity (Wildman–Crippen MR) is 110 cm³/mol. The second-order valence-corrected chi connectivity index (χ2v) is 7.74. The SMILES string of the molecule is CCCCc1ccc(C(=O)CN2C(=O)N[C@@](C)(c3ccc4c(c3)OCO4)C2=O)cc1. The third-order valence-electron chi connectivity index (χ3n) is 5.62. The number of ether oxygens (including phenoxy) is 2. The Morgan fingerprint density at radius 2 is 1.83 bits per heavy atom. The lowest BCUT2D eigenvalue weighted by Gasteiger charge is -2.22. The van der Waals surface area contributed by atoms with Crippen LogP contribution < -0.4 is 14.8 Å². The molecule has 1 N–H and O–H groups in total. The summed E-state index contributed by atoms with van der Waals surface area (Å²) in [5.74, 6) is 0.358. The fourth-order valence-electron chi connectivity index (χ4n) is 3.72. The molecule has 0 bridgehead atoms. The Kier molecular flexibility index (Phi) is 5.20. The fourth-order valence-corrected chi connectivity index (χ4v) is 3.72. The normalized spacial score (nSPS) is 19.9. The molecular weight excluding hydrogens is 384 g/mol. The summed E-state index contributed by atoms with van der Waals surface area (Å²) in [4.78, 5) is 39.3. The van der Waals surface area contributed by atoms with Crippen molar-refractivity contribution in [2.45, 2.75) is 38.6 Å². The van der Waals surface area contributed by atoms with Gasteiger partial charge in [-0.3, -0.25) is 14.5 Å². The van der Waals surface area contributed by atoms with E-state index in [2.05, 4.69) is 12.2 Å². The van der Waals surface area contributed by atoms with E-state index in [4.69, 9.17) is 9.47 Å². The van der Waals surface area contributed by atoms with Crippen LogP contribution in [0.4, 0.5) is 4.79 Å². The molecule has 0 aromatic heterocycles. The first-order valence-electron chi connectivity index (χ1n) is 10.1. The van der Waals surface area contributed by atoms with Crippen LogP contribution in [0.1, 0.15) is 48.2 Å². The van der Waals surface area contributed by atoms with Gasteiger partial charge in [-0.2, -0.15) is 0 Å². The number of nitrogens with one attached hydrogen (secondary N) is 1. The van der Waals surface area contributed by atoms with Crippen LogP contribution in [0.15, 0.2) is 42.5 Å². The number of Topliss-reactive ketones (excluding diaryl/α,β-unsaturated/α-hetero) is 1. The first-order chi connectivity index (χ1) is 14.4. The Bertz CT molecular complexity index is 1000. The van der Waals surface area contributed by atoms with Crippen molar-refractivity contribution >= 4 is 17.7 Å². The molecule has 4 rings (SSSR count). The minimum absolute atomic E-state index is 0.119. The van der Waals surface area contributed by atoms with Crippen LogP contribution in [0.5, 0.6) is 11.5 Å². The number of ketones is 1. The van der Waals surface area contributed by atoms with Crippen LogP contribution >= 0.6 is 0 Å². The first-order valence-corrected chi connectivity index (χ1v) is 10.1. The largest absolute Gasteiger partial charge is 0.454 e. The van der Waals surface area contributed by atoms with Gasteiger partial charge in [-0.1, -0.05) is 43.7 Å². The number of nitrogens with zero attached hydrogens (tertiary/aromatic N) is 1. The number of aryl methyl sites for hydroxylation is 1. The van der Waals surface area contributed by atoms with E-state index in [0.29, 0.717) is 22.6 Å². The zero-order chi connectivity index (χ0) is 21.3. The fraction of sp³-hybridized carbons (Fsp3) is 0.348. The average Bonchev–Trinajstić information content (AvgIpc) is 3.31. The van der Waals surface area contributed by atoms with Crippen LogP contribution in [0.25, 0.3) is 0 Å². The van der Waals surface area contributed by atoms with Gasteiger partial charge in [0.1, 0.15) is 5.54 Å². The first kappa shape index (κ1) is 19.9. The van der Waals surface area contributed by atoms with Crippen molar-refractivity contribution in [2.75, 3.05) is 13.3 Å². The number of rotatable bonds is 7. The lowest BCUT2D eigenvalue weighted by molar-refractivity contribution is -0.130. The molecule has 1 saturated heterocycles. The lowest BCUT2D eigenvalue weighted by atomic mass is 9.91. The number of benzene rings is 2. The van der Waals surface area contributed by atoms with Crippen molar-refractivity contribution in [3.05, 3.63) is 59.2 Å². The summed E-state index contributed by atoms with van der Waals surface area (Å²) in [7, 11) is 0. The minimum atomic E-state index is -1.28. The molecule has 2 aromatic carbocycles. The van der Waals surface area contributed by atoms with Crippen LogP contribution in [-0.4, -0.2) is 36.0 Å². The van der Waals surface area contributed by atoms with Gasteiger partial charge in [0.2, 0.25) is 6.79 Å². The molecule has 2 aliphatic rings. The number of carbonyl (C=O) groups is 3. The van der Waals surface area contributed by atoms with Gasteiger partial charge >= 0.3 is 6.03 Å². The van der Waals surface area contributed by atoms with Crippen molar-refractivity contribution in [1.29, 1.82) is 0 Å². The number of imide groups is 1. The third kappa shape index (κ3) is 3.51. The highest BCUT2D eigenvalue weighted by molar-refractivity contribution is 6.11. The molecule has 7 nitrogen and oxygen atoms in total. The topological polar surface area (TPSA) is 84.9 Å². The average molecular weight is 408 g/mol. The van der Waals surface area contributed by atoms with Crippen LogP contribution in [0.3, 0.4) is 0 Å². The van der Waals surface area contributed by atoms with Crippen LogP contribution in [-0.2, 0) is 16.8 Å². The van der Waals surface area contributed by atoms with Crippen molar-refractivity contribution in [2.24, 2.45) is 0 Å². The number of urea groups is 1. The molecule has 1 atom stereocenters. The molecule has 0 saturated carbocycles. The maximum Gasteiger partial charge on any atom is 0.325 e. The second-order valence-electron chi connectivity index (χ2n) is 7.74. The van der Waals surface area contributed by atoms with Crippen molar-refractivity contribution in [1.82, 2.24) is 10.2 Å². The van der Waals surface area contributed by atoms with Gasteiger partial charge in [0.05, 0.1) is 6.54 Å². The zero-order valence-corrected chi connectivity index (χ0v) is 17.1. The third-order valence-corrected chi connectivity index (χ3v) is 5.62. The van der Waals surface area contributed by atoms with Crippen molar-refractivity contribution < 1.29 is 23.9 Å². The van der Waals surface area contributed by atoms with E-state index in [1.165, 1.54) is 5.56 Å². The molecule has 2 heterocycles. The Morgan fingerprint density at radius 3 is 2.57 bits per heavy atom. The van der Waals surface area contributed by atoms with Gasteiger partial charge in [0, 0.05) is 5.56 Å². The quantitative estimate of drug-likeness (QED) is 0.561. The van der Waals surface area contributed by atoms with E-state index >= 15 is 0 Å². The molecular formula is C23H24N2O5. The number of fused-ring (bicyclic) bond motifs is 1. The summed E-state index contributed by atoms with van der Waals surface area (Å²) < 4.78 is 10.7. The van der Waals surface area contributed by atoms with E-state index < -0.39 is 17.5 Å². The van der Waals surface area contributed by atoms with E-state index in [-0.39, 0.29) is 19.1 Å². The molecule has 2 aliphatic heterocycles. The Balaban J connectivity index is 1.49. The van der Waals surface area contributed by atoms with E-state index in [1.807, 2.05) is 12.1 Å². The Morgan fingerprint density at radius 1 is 1.10 bits per heavy atom. The molecule has 0 spiro atoms. The highest BCUT2D eigenvalue weighted by atomic mass is 16.7. The standard InChI is InChI=1S/C23H24N2O5/c1-3-4-5-15-6-8-16(9-7-15)18(26)13-25-21(27)23(2,24-22(25)28)17-10-11-19-20(12-17)30-14-29-19/h6-12H,3-5,13-14H2,1-2H3,(H,24,28)/t23-/m0/s1. The van der Waals surface area contributed by atoms with Gasteiger partial charge in [-0.25, -0.2) is 4.79 Å². The van der Waals surface area contributed by atoms with E-state index in [0.717, 1.165) is 24.2 Å². The van der Waals surface area contributed by atoms with Gasteiger partial charge in [-0.05, 0) is 43.0 Å². The molecule has 0 unspecified atom stereocenters. The Labute approximate surface area is 175 Å². The Hall–Kier alpha value is -3.35. The minimum Gasteiger partial charge on any atom is -0.454 e. The second kappa shape index (κ2) is 7.82. The summed E-state index contributed by atoms with van der Waals surface area (Å²) in [5, 5.41) is 2.72. The molecule has 156 valence electrons. The van der Waals surface area contributed by atoms with E-state index in [9.17, 15) is 14.4 Å². The molecule has 3 amide bonds. The predicted octanol–water partition coefficient (Wildman–Crippen LogP) is 3.41. The summed E-state index contributed by atoms with van der Waals surface area (Å²) in [6.45, 7) is 3.57. The zero-order valence-electron chi connectivity index (χ0n) is 17.1. The summed E-state index contributed by atoms with van der Waals surface area (Å²) in [6.07, 6.45) is 3.16. The number of hydrogen-bond acceptors (Lipinski definition) is 5. The highest BCUT2D eigenvalue weighted by Crippen LogP contribution is 2.37. The van der Waals surface area contributed by atoms with Gasteiger partial charge in [0.15, 0.2) is 17.3 Å². The maximum absolute atomic E-state index is 13.1. The van der Waals surface area contributed by atoms with E-state index in [1.54, 1.807) is 37.3 Å². The van der Waals surface area contributed by atoms with Crippen LogP contribution in [0, 0.1) is 0 Å². The number of carbonyl (C=O) groups excluding carboxylic acids is 3. The summed E-state index contributed by atoms with van der Waals surface area (Å²) in [5.41, 5.74) is 0.939. The maximum atomic E-state index is 13.1. The summed E-state index contributed by atoms with van der Waals surface area (Å²) >= 11 is 0. The monoisotopic (exact) mass is 408 g/mol. The molecule has 0 aliphatic carbocycles. The smallest absolute Gasteiger partial charge is 0.325 e. The van der Waals surface area contributed by atoms with Crippen molar-refractivity contribution in [3.63, 3.8) is 0 Å². The number of hydrogen-bond donors (Lipinski definition) is 1. The van der Waals surface area contributed by atoms with Gasteiger partial charge < -0.3 is 14.8 Å². The van der Waals surface area contributed by atoms with Crippen LogP contribution in [0.2, 0.25) is 0 Å². The van der Waals surface area contributed by atoms with Crippen molar-refractivity contribution in [3.8, 4) is 11.5 Å². The number of amides is 3. The lowest BCUT2D eigenvalue weighted by Crippen LogP contribution is -2.41. The number of unbranched alkanes of at least 4 members (excludes halogenated alkanes) is 1. The molecule has 1 fully saturated rings. The van der Waals surface area contributed by atoms with Gasteiger partial charge in [-0.15, -0.1) is 0 Å². The molecule has 2 aromatic rings. The molecule has 0 radical (unpaired) electrons.